The van der Waals surface area contributed by atoms with Crippen molar-refractivity contribution < 1.29 is 29.1 Å². The quantitative estimate of drug-likeness (QED) is 0.403. The fourth-order valence-corrected chi connectivity index (χ4v) is 0. The third kappa shape index (κ3) is 69800. The van der Waals surface area contributed by atoms with E-state index in [0.717, 1.165) is 0 Å². The maximum atomic E-state index is 8.68. The van der Waals surface area contributed by atoms with E-state index in [4.69, 9.17) is 9.59 Å². The van der Waals surface area contributed by atoms with Gasteiger partial charge < -0.3 is 9.59 Å². The first-order valence-electron chi connectivity index (χ1n) is 1.41. The summed E-state index contributed by atoms with van der Waals surface area (Å²) in [5.74, 6) is 0. The molecular weight excluding hydrogens is 183 g/mol. The Morgan fingerprint density at radius 3 is 1.00 bits per heavy atom. The van der Waals surface area contributed by atoms with E-state index in [-0.39, 0.29) is 19.5 Å². The van der Waals surface area contributed by atoms with E-state index in [1.165, 1.54) is 26.4 Å². The maximum absolute atomic E-state index is 8.68. The fourth-order valence-electron chi connectivity index (χ4n) is 0. The average Bonchev–Trinajstić information content (AvgIpc) is 1.39. The van der Waals surface area contributed by atoms with E-state index in [2.05, 4.69) is 0 Å². The molecule has 0 rings (SSSR count). The second kappa shape index (κ2) is 38.1. The fraction of sp³-hybridized carbons (Fsp3) is 0.500. The van der Waals surface area contributed by atoms with Crippen molar-refractivity contribution in [1.29, 1.82) is 0 Å². The van der Waals surface area contributed by atoms with E-state index in [0.29, 0.717) is 0 Å². The van der Waals surface area contributed by atoms with Crippen LogP contribution in [0.3, 0.4) is 0 Å². The van der Waals surface area contributed by atoms with Gasteiger partial charge in [0.2, 0.25) is 0 Å². The van der Waals surface area contributed by atoms with Gasteiger partial charge in [-0.2, -0.15) is 13.8 Å². The maximum Gasteiger partial charge on any atom is 2.00 e. The molecule has 0 aromatic heterocycles. The molecule has 2 nitrogen and oxygen atoms in total. The largest absolute Gasteiger partial charge is 2.00 e. The first kappa shape index (κ1) is 15.8. The summed E-state index contributed by atoms with van der Waals surface area (Å²) in [4.78, 5) is 17.4. The van der Waals surface area contributed by atoms with E-state index < -0.39 is 0 Å². The minimum Gasteiger partial charge on any atom is -0.542 e. The van der Waals surface area contributed by atoms with Gasteiger partial charge in [0.15, 0.2) is 0 Å². The molecule has 0 aromatic rings. The topological polar surface area (TPSA) is 34.1 Å². The molecule has 0 saturated heterocycles. The van der Waals surface area contributed by atoms with Crippen LogP contribution in [0.5, 0.6) is 0 Å². The number of rotatable bonds is 0. The van der Waals surface area contributed by atoms with Crippen LogP contribution < -0.4 is 0 Å². The summed E-state index contributed by atoms with van der Waals surface area (Å²) in [6, 6.07) is 0. The van der Waals surface area contributed by atoms with E-state index in [9.17, 15) is 0 Å². The molecule has 0 heterocycles. The van der Waals surface area contributed by atoms with Gasteiger partial charge >= 0.3 is 19.5 Å². The van der Waals surface area contributed by atoms with Crippen LogP contribution in [-0.2, 0) is 29.1 Å². The Morgan fingerprint density at radius 2 is 1.00 bits per heavy atom. The van der Waals surface area contributed by atoms with Crippen LogP contribution in [0.15, 0.2) is 0 Å². The van der Waals surface area contributed by atoms with Gasteiger partial charge in [-0.1, -0.05) is 0 Å². The summed E-state index contributed by atoms with van der Waals surface area (Å²) in [5, 5.41) is 0. The van der Waals surface area contributed by atoms with Crippen LogP contribution in [0.25, 0.3) is 0 Å². The Kier molecular flexibility index (Phi) is 85.8. The van der Waals surface area contributed by atoms with Crippen molar-refractivity contribution >= 4 is 12.6 Å². The van der Waals surface area contributed by atoms with Crippen molar-refractivity contribution in [1.82, 2.24) is 0 Å². The summed E-state index contributed by atoms with van der Waals surface area (Å²) in [5.41, 5.74) is 0. The smallest absolute Gasteiger partial charge is 0.542 e. The molecule has 43 valence electrons. The van der Waals surface area contributed by atoms with Crippen LogP contribution >= 0.6 is 0 Å². The molecule has 0 spiro atoms. The number of hydrogen-bond donors (Lipinski definition) is 0. The molecule has 1 radical (unpaired) electrons. The van der Waals surface area contributed by atoms with Crippen molar-refractivity contribution in [2.75, 3.05) is 0 Å². The minimum absolute atomic E-state index is 0. The van der Waals surface area contributed by atoms with Gasteiger partial charge in [-0.05, 0) is 0 Å². The molecular formula is C4H6O2Rh. The second-order valence-corrected chi connectivity index (χ2v) is 0.408. The summed E-state index contributed by atoms with van der Waals surface area (Å²) >= 11 is 0. The van der Waals surface area contributed by atoms with Crippen molar-refractivity contribution in [2.24, 2.45) is 0 Å². The Morgan fingerprint density at radius 1 is 1.00 bits per heavy atom. The zero-order chi connectivity index (χ0) is 5.41. The average molecular weight is 189 g/mol. The first-order chi connectivity index (χ1) is 2.83. The van der Waals surface area contributed by atoms with Crippen molar-refractivity contribution in [3.8, 4) is 0 Å². The Balaban J connectivity index is -0.0000000400. The minimum atomic E-state index is 0. The van der Waals surface area contributed by atoms with Gasteiger partial charge in [-0.15, -0.1) is 0 Å². The molecule has 0 fully saturated rings. The third-order valence-electron chi connectivity index (χ3n) is 0. The summed E-state index contributed by atoms with van der Waals surface area (Å²) in [6.07, 6.45) is 3.00. The summed E-state index contributed by atoms with van der Waals surface area (Å²) in [6.45, 7) is 2.64. The predicted molar refractivity (Wildman–Crippen MR) is 22.7 cm³/mol. The van der Waals surface area contributed by atoms with Crippen molar-refractivity contribution in [3.63, 3.8) is 0 Å². The zero-order valence-corrected chi connectivity index (χ0v) is 5.79. The first-order valence-corrected chi connectivity index (χ1v) is 1.41. The van der Waals surface area contributed by atoms with E-state index >= 15 is 0 Å². The molecule has 0 aromatic carbocycles. The predicted octanol–water partition coefficient (Wildman–Crippen LogP) is 0.230. The molecule has 0 aliphatic carbocycles. The molecule has 0 amide bonds. The molecule has 3 heteroatoms. The Hall–Kier alpha value is -0.0366. The molecule has 0 saturated carbocycles. The SMILES string of the molecule is C[C-]=O.C[C-]=O.[Rh+2]. The molecule has 0 unspecified atom stereocenters. The second-order valence-electron chi connectivity index (χ2n) is 0.408. The number of hydrogen-bond acceptors (Lipinski definition) is 2. The Labute approximate surface area is 56.0 Å². The summed E-state index contributed by atoms with van der Waals surface area (Å²) < 4.78 is 0. The van der Waals surface area contributed by atoms with Gasteiger partial charge in [0.25, 0.3) is 0 Å². The van der Waals surface area contributed by atoms with E-state index in [1.54, 1.807) is 0 Å². The van der Waals surface area contributed by atoms with Gasteiger partial charge in [-0.25, -0.2) is 0 Å². The van der Waals surface area contributed by atoms with Gasteiger partial charge in [0.05, 0.1) is 0 Å². The molecule has 0 N–H and O–H groups in total. The van der Waals surface area contributed by atoms with Crippen LogP contribution in [0.4, 0.5) is 0 Å². The van der Waals surface area contributed by atoms with Gasteiger partial charge in [0.1, 0.15) is 0 Å². The van der Waals surface area contributed by atoms with Crippen LogP contribution in [0.2, 0.25) is 0 Å². The van der Waals surface area contributed by atoms with Crippen molar-refractivity contribution in [3.05, 3.63) is 0 Å². The zero-order valence-electron chi connectivity index (χ0n) is 4.15. The standard InChI is InChI=1S/2C2H3O.Rh/c2*1-2-3;/h2*1H3;/q2*-1;+2. The molecule has 0 atom stereocenters. The number of carbonyl (C=O) groups excluding carboxylic acids is 2. The van der Waals surface area contributed by atoms with Gasteiger partial charge in [-0.3, -0.25) is 12.6 Å². The monoisotopic (exact) mass is 189 g/mol. The normalized spacial score (nSPS) is 3.71. The van der Waals surface area contributed by atoms with Crippen LogP contribution in [0.1, 0.15) is 13.8 Å². The van der Waals surface area contributed by atoms with E-state index in [1.807, 2.05) is 0 Å². The van der Waals surface area contributed by atoms with Crippen LogP contribution in [-0.4, -0.2) is 12.6 Å². The molecule has 7 heavy (non-hydrogen) atoms. The van der Waals surface area contributed by atoms with Gasteiger partial charge in [0, 0.05) is 0 Å². The molecule has 0 aliphatic heterocycles. The Bertz CT molecular complexity index is 30.7. The van der Waals surface area contributed by atoms with Crippen LogP contribution in [0, 0.1) is 0 Å². The molecule has 0 bridgehead atoms. The third-order valence-corrected chi connectivity index (χ3v) is 0. The molecule has 0 aliphatic rings. The van der Waals surface area contributed by atoms with Crippen molar-refractivity contribution in [2.45, 2.75) is 13.8 Å². The summed E-state index contributed by atoms with van der Waals surface area (Å²) in [7, 11) is 0.